The van der Waals surface area contributed by atoms with Crippen LogP contribution in [0.4, 0.5) is 10.6 Å². The molecule has 0 aliphatic heterocycles. The molecule has 33 heavy (non-hydrogen) atoms. The molecule has 0 spiro atoms. The number of fused-ring (bicyclic) bond motifs is 1. The minimum absolute atomic E-state index is 0.0590. The third kappa shape index (κ3) is 8.04. The van der Waals surface area contributed by atoms with Crippen molar-refractivity contribution in [3.05, 3.63) is 11.1 Å². The van der Waals surface area contributed by atoms with E-state index in [0.717, 1.165) is 34.6 Å². The molecule has 2 aromatic rings. The highest BCUT2D eigenvalue weighted by Gasteiger charge is 2.22. The number of hydrogen-bond donors (Lipinski definition) is 5. The van der Waals surface area contributed by atoms with E-state index in [-0.39, 0.29) is 25.5 Å². The summed E-state index contributed by atoms with van der Waals surface area (Å²) in [7, 11) is 3.84. The van der Waals surface area contributed by atoms with Gasteiger partial charge in [-0.15, -0.1) is 0 Å². The number of nitrogens with two attached hydrogens (primary N) is 2. The highest BCUT2D eigenvalue weighted by Crippen LogP contribution is 2.20. The molecule has 0 aromatic carbocycles. The monoisotopic (exact) mass is 528 g/mol. The van der Waals surface area contributed by atoms with Gasteiger partial charge in [-0.25, -0.2) is 14.2 Å². The number of rotatable bonds is 13. The number of H-pyrrole nitrogens is 1. The number of aromatic nitrogens is 4. The molecule has 0 saturated heterocycles. The second-order valence-electron chi connectivity index (χ2n) is 7.54. The van der Waals surface area contributed by atoms with E-state index < -0.39 is 18.1 Å². The maximum absolute atomic E-state index is 11.9. The van der Waals surface area contributed by atoms with Crippen molar-refractivity contribution in [3.63, 3.8) is 0 Å². The van der Waals surface area contributed by atoms with Crippen molar-refractivity contribution in [3.8, 4) is 0 Å². The number of ether oxygens (including phenoxy) is 1. The molecular formula is C19H31BrN9O4+. The number of amides is 1. The van der Waals surface area contributed by atoms with Crippen LogP contribution in [0.5, 0.6) is 0 Å². The molecule has 7 N–H and O–H groups in total. The maximum Gasteiger partial charge on any atom is 0.407 e. The number of unbranched alkanes of at least 4 members (excludes halogenated alkanes) is 2. The average Bonchev–Trinajstić information content (AvgIpc) is 3.07. The number of guanidine groups is 1. The van der Waals surface area contributed by atoms with E-state index in [1.807, 2.05) is 23.6 Å². The van der Waals surface area contributed by atoms with Crippen molar-refractivity contribution in [1.82, 2.24) is 20.3 Å². The minimum atomic E-state index is -1.14. The molecule has 13 nitrogen and oxygen atoms in total. The summed E-state index contributed by atoms with van der Waals surface area (Å²) in [4.78, 5) is 40.8. The molecule has 2 aromatic heterocycles. The lowest BCUT2D eigenvalue weighted by Gasteiger charge is -2.14. The third-order valence-electron chi connectivity index (χ3n) is 4.75. The number of aliphatic imine (C=N–C) groups is 1. The Labute approximate surface area is 199 Å². The Morgan fingerprint density at radius 1 is 1.30 bits per heavy atom. The van der Waals surface area contributed by atoms with Gasteiger partial charge < -0.3 is 31.5 Å². The number of carboxylic acids is 1. The molecule has 2 heterocycles. The van der Waals surface area contributed by atoms with Crippen LogP contribution in [-0.2, 0) is 16.1 Å². The Morgan fingerprint density at radius 2 is 2.06 bits per heavy atom. The van der Waals surface area contributed by atoms with Crippen molar-refractivity contribution >= 4 is 50.9 Å². The van der Waals surface area contributed by atoms with Crippen LogP contribution in [0.25, 0.3) is 11.2 Å². The number of nitrogens with zero attached hydrogens (tertiary/aromatic N) is 5. The molecule has 182 valence electrons. The molecule has 14 heteroatoms. The van der Waals surface area contributed by atoms with Gasteiger partial charge in [0.2, 0.25) is 5.52 Å². The molecule has 0 radical (unpaired) electrons. The number of aliphatic carboxylic acids is 1. The number of carbonyl (C=O) groups excluding carboxylic acids is 1. The smallest absolute Gasteiger partial charge is 0.407 e. The molecule has 2 rings (SSSR count). The predicted octanol–water partition coefficient (Wildman–Crippen LogP) is 0.477. The number of aromatic amines is 1. The second-order valence-corrected chi connectivity index (χ2v) is 8.29. The number of halogens is 1. The Balaban J connectivity index is 1.72. The van der Waals surface area contributed by atoms with E-state index in [1.165, 1.54) is 6.33 Å². The van der Waals surface area contributed by atoms with Crippen LogP contribution in [0.3, 0.4) is 0 Å². The number of nitrogens with one attached hydrogen (secondary N) is 2. The number of aryl methyl sites for hydroxylation is 1. The van der Waals surface area contributed by atoms with Crippen LogP contribution < -0.4 is 26.3 Å². The first kappa shape index (κ1) is 26.1. The fraction of sp³-hybridized carbons (Fsp3) is 0.579. The van der Waals surface area contributed by atoms with Gasteiger partial charge in [-0.3, -0.25) is 9.98 Å². The van der Waals surface area contributed by atoms with E-state index in [2.05, 4.69) is 41.2 Å². The minimum Gasteiger partial charge on any atom is -0.480 e. The van der Waals surface area contributed by atoms with Gasteiger partial charge in [-0.05, 0) is 32.1 Å². The summed E-state index contributed by atoms with van der Waals surface area (Å²) in [6, 6.07) is -1.06. The first-order chi connectivity index (χ1) is 15.7. The number of carboxylic acid groups (broad SMARTS) is 1. The molecule has 0 fully saturated rings. The van der Waals surface area contributed by atoms with Gasteiger partial charge in [-0.1, -0.05) is 4.98 Å². The predicted molar refractivity (Wildman–Crippen MR) is 126 cm³/mol. The average molecular weight is 529 g/mol. The van der Waals surface area contributed by atoms with Crippen molar-refractivity contribution in [2.75, 3.05) is 32.1 Å². The fourth-order valence-electron chi connectivity index (χ4n) is 3.15. The highest BCUT2D eigenvalue weighted by molar-refractivity contribution is 9.10. The quantitative estimate of drug-likeness (QED) is 0.0808. The number of hydrogen-bond acceptors (Lipinski definition) is 7. The Hall–Kier alpha value is -3.16. The topological polar surface area (TPSA) is 189 Å². The van der Waals surface area contributed by atoms with Crippen LogP contribution in [-0.4, -0.2) is 71.4 Å². The molecule has 0 bridgehead atoms. The molecular weight excluding hydrogens is 498 g/mol. The van der Waals surface area contributed by atoms with Crippen LogP contribution in [0.1, 0.15) is 32.1 Å². The Morgan fingerprint density at radius 3 is 2.73 bits per heavy atom. The van der Waals surface area contributed by atoms with E-state index in [1.54, 1.807) is 0 Å². The summed E-state index contributed by atoms with van der Waals surface area (Å²) in [5.41, 5.74) is 12.1. The van der Waals surface area contributed by atoms with Crippen LogP contribution in [0, 0.1) is 0 Å². The number of anilines is 1. The number of alkyl carbamates (subject to hydrolysis) is 1. The van der Waals surface area contributed by atoms with Gasteiger partial charge in [0.15, 0.2) is 18.1 Å². The fourth-order valence-corrected chi connectivity index (χ4v) is 3.69. The lowest BCUT2D eigenvalue weighted by atomic mass is 10.1. The van der Waals surface area contributed by atoms with Crippen LogP contribution in [0.2, 0.25) is 0 Å². The summed E-state index contributed by atoms with van der Waals surface area (Å²) < 4.78 is 7.94. The van der Waals surface area contributed by atoms with Crippen molar-refractivity contribution in [1.29, 1.82) is 0 Å². The van der Waals surface area contributed by atoms with Gasteiger partial charge >= 0.3 is 17.7 Å². The first-order valence-electron chi connectivity index (χ1n) is 10.5. The lowest BCUT2D eigenvalue weighted by Crippen LogP contribution is -2.41. The largest absolute Gasteiger partial charge is 0.480 e. The van der Waals surface area contributed by atoms with Crippen molar-refractivity contribution in [2.24, 2.45) is 16.5 Å². The van der Waals surface area contributed by atoms with Gasteiger partial charge in [0.05, 0.1) is 13.2 Å². The highest BCUT2D eigenvalue weighted by atomic mass is 79.9. The van der Waals surface area contributed by atoms with E-state index in [4.69, 9.17) is 16.2 Å². The van der Waals surface area contributed by atoms with Gasteiger partial charge in [0, 0.05) is 36.6 Å². The Bertz CT molecular complexity index is 976. The van der Waals surface area contributed by atoms with E-state index in [9.17, 15) is 14.7 Å². The first-order valence-corrected chi connectivity index (χ1v) is 11.3. The van der Waals surface area contributed by atoms with Crippen molar-refractivity contribution in [2.45, 2.75) is 44.7 Å². The van der Waals surface area contributed by atoms with Gasteiger partial charge in [-0.2, -0.15) is 4.98 Å². The standard InChI is InChI=1S/C19H30BrN9O4/c1-28(2)14-13-15(25-11-24-14)29(17(20)27-13)9-4-3-5-10-33-19(32)26-12(16(30)31)7-6-8-23-18(21)22/h11-12H,3-10H2,1-2H3,(H6,21,22,23,26,30,31,32)/p+1/t12-/m0/s1. The summed E-state index contributed by atoms with van der Waals surface area (Å²) >= 11 is 3.53. The molecule has 0 aliphatic carbocycles. The van der Waals surface area contributed by atoms with Gasteiger partial charge in [0.25, 0.3) is 4.73 Å². The zero-order chi connectivity index (χ0) is 24.4. The molecule has 0 saturated carbocycles. The SMILES string of the molecule is CN(C)c1ncnc2c1[nH]c(Br)[n+]2CCCCCOC(=O)N[C@@H](CCCN=C(N)N)C(=O)O. The Kier molecular flexibility index (Phi) is 10.1. The molecule has 1 amide bonds. The third-order valence-corrected chi connectivity index (χ3v) is 5.37. The lowest BCUT2D eigenvalue weighted by molar-refractivity contribution is -0.684. The summed E-state index contributed by atoms with van der Waals surface area (Å²) in [5.74, 6) is -0.398. The van der Waals surface area contributed by atoms with E-state index in [0.29, 0.717) is 19.4 Å². The molecule has 0 unspecified atom stereocenters. The van der Waals surface area contributed by atoms with Gasteiger partial charge in [0.1, 0.15) is 6.04 Å². The molecule has 0 aliphatic rings. The van der Waals surface area contributed by atoms with Crippen LogP contribution in [0.15, 0.2) is 16.1 Å². The zero-order valence-electron chi connectivity index (χ0n) is 18.8. The maximum atomic E-state index is 11.9. The van der Waals surface area contributed by atoms with Crippen LogP contribution >= 0.6 is 15.9 Å². The summed E-state index contributed by atoms with van der Waals surface area (Å²) in [6.45, 7) is 1.20. The van der Waals surface area contributed by atoms with Crippen molar-refractivity contribution < 1.29 is 24.0 Å². The summed E-state index contributed by atoms with van der Waals surface area (Å²) in [6.07, 6.45) is 3.68. The van der Waals surface area contributed by atoms with E-state index >= 15 is 0 Å². The second kappa shape index (κ2) is 12.8. The zero-order valence-corrected chi connectivity index (χ0v) is 20.3. The summed E-state index contributed by atoms with van der Waals surface area (Å²) in [5, 5.41) is 11.6. The molecule has 1 atom stereocenters. The number of imidazole rings is 1. The normalized spacial score (nSPS) is 11.7. The number of carbonyl (C=O) groups is 2.